The van der Waals surface area contributed by atoms with Gasteiger partial charge in [0.1, 0.15) is 17.6 Å². The van der Waals surface area contributed by atoms with Crippen LogP contribution in [0.25, 0.3) is 11.8 Å². The minimum atomic E-state index is -0.880. The van der Waals surface area contributed by atoms with E-state index in [-0.39, 0.29) is 17.7 Å². The van der Waals surface area contributed by atoms with Crippen LogP contribution in [0.5, 0.6) is 5.75 Å². The Kier molecular flexibility index (Phi) is 8.88. The third-order valence-corrected chi connectivity index (χ3v) is 9.15. The van der Waals surface area contributed by atoms with Gasteiger partial charge in [0.15, 0.2) is 15.1 Å². The third kappa shape index (κ3) is 6.31. The lowest BCUT2D eigenvalue weighted by Crippen LogP contribution is -2.40. The van der Waals surface area contributed by atoms with E-state index in [9.17, 15) is 9.59 Å². The minimum Gasteiger partial charge on any atom is -0.496 e. The first-order chi connectivity index (χ1) is 21.7. The van der Waals surface area contributed by atoms with Crippen LogP contribution in [0.15, 0.2) is 101 Å². The number of rotatable bonds is 8. The molecule has 2 aromatic carbocycles. The van der Waals surface area contributed by atoms with Gasteiger partial charge in [-0.3, -0.25) is 9.36 Å². The summed E-state index contributed by atoms with van der Waals surface area (Å²) >= 11 is 6.07. The van der Waals surface area contributed by atoms with E-state index in [0.717, 1.165) is 21.4 Å². The molecule has 0 spiro atoms. The molecule has 0 amide bonds. The molecule has 228 valence electrons. The fraction of sp³-hybridized carbons (Fsp3) is 0.182. The fourth-order valence-corrected chi connectivity index (χ4v) is 7.27. The van der Waals surface area contributed by atoms with E-state index in [1.165, 1.54) is 27.7 Å². The smallest absolute Gasteiger partial charge is 0.338 e. The number of benzene rings is 2. The maximum Gasteiger partial charge on any atom is 0.338 e. The summed E-state index contributed by atoms with van der Waals surface area (Å²) in [6, 6.07) is 19.5. The van der Waals surface area contributed by atoms with Crippen molar-refractivity contribution in [3.8, 4) is 5.75 Å². The van der Waals surface area contributed by atoms with Crippen LogP contribution in [0.3, 0.4) is 0 Å². The molecule has 4 heterocycles. The van der Waals surface area contributed by atoms with Crippen molar-refractivity contribution in [2.45, 2.75) is 37.1 Å². The average molecular weight is 704 g/mol. The van der Waals surface area contributed by atoms with Gasteiger partial charge in [-0.25, -0.2) is 19.8 Å². The van der Waals surface area contributed by atoms with Crippen molar-refractivity contribution in [2.75, 3.05) is 13.7 Å². The standard InChI is InChI=1S/C33H27BrN4O5S2/c1-5-42-31(40)27-28(20-9-7-6-8-10-20)37-33-38(29(27)23-16-21(34)11-13-24(23)41-4)30(39)25(44-33)17-22-12-14-26(43-22)45-32-35-18(2)15-19(3)36-32/h6-17,29H,5H2,1-4H3/b25-17-/t29-/m0/s1. The van der Waals surface area contributed by atoms with Gasteiger partial charge in [0.25, 0.3) is 5.56 Å². The number of carbonyl (C=O) groups is 1. The quantitative estimate of drug-likeness (QED) is 0.146. The normalized spacial score (nSPS) is 14.7. The van der Waals surface area contributed by atoms with Crippen molar-refractivity contribution in [2.24, 2.45) is 4.99 Å². The highest BCUT2D eigenvalue weighted by Crippen LogP contribution is 2.40. The maximum absolute atomic E-state index is 14.2. The molecule has 5 aromatic rings. The summed E-state index contributed by atoms with van der Waals surface area (Å²) in [4.78, 5) is 42.2. The second-order valence-electron chi connectivity index (χ2n) is 10.0. The molecular weight excluding hydrogens is 676 g/mol. The van der Waals surface area contributed by atoms with E-state index >= 15 is 0 Å². The van der Waals surface area contributed by atoms with E-state index in [0.29, 0.717) is 42.4 Å². The molecule has 0 N–H and O–H groups in total. The van der Waals surface area contributed by atoms with E-state index < -0.39 is 12.0 Å². The fourth-order valence-electron chi connectivity index (χ4n) is 5.08. The predicted molar refractivity (Wildman–Crippen MR) is 176 cm³/mol. The Hall–Kier alpha value is -4.26. The zero-order valence-electron chi connectivity index (χ0n) is 24.7. The maximum atomic E-state index is 14.2. The van der Waals surface area contributed by atoms with Gasteiger partial charge >= 0.3 is 5.97 Å². The second kappa shape index (κ2) is 13.0. The van der Waals surface area contributed by atoms with Crippen LogP contribution in [0.2, 0.25) is 0 Å². The SMILES string of the molecule is CCOC(=O)C1=C(c2ccccc2)N=c2s/c(=C\c3ccc(Sc4nc(C)cc(C)n4)o3)c(=O)n2[C@H]1c1cc(Br)ccc1OC. The minimum absolute atomic E-state index is 0.156. The number of thiazole rings is 1. The van der Waals surface area contributed by atoms with Crippen LogP contribution < -0.4 is 19.6 Å². The molecule has 0 unspecified atom stereocenters. The Labute approximate surface area is 275 Å². The Balaban J connectivity index is 1.54. The Bertz CT molecular complexity index is 2120. The highest BCUT2D eigenvalue weighted by Gasteiger charge is 2.37. The van der Waals surface area contributed by atoms with Gasteiger partial charge in [-0.1, -0.05) is 57.6 Å². The lowest BCUT2D eigenvalue weighted by Gasteiger charge is -2.27. The van der Waals surface area contributed by atoms with Gasteiger partial charge in [0.2, 0.25) is 0 Å². The molecule has 1 aliphatic heterocycles. The number of methoxy groups -OCH3 is 1. The van der Waals surface area contributed by atoms with Crippen molar-refractivity contribution in [3.05, 3.63) is 125 Å². The molecule has 3 aromatic heterocycles. The molecule has 12 heteroatoms. The van der Waals surface area contributed by atoms with E-state index in [1.807, 2.05) is 68.4 Å². The van der Waals surface area contributed by atoms with Crippen LogP contribution in [-0.2, 0) is 9.53 Å². The summed E-state index contributed by atoms with van der Waals surface area (Å²) in [5.41, 5.74) is 3.40. The van der Waals surface area contributed by atoms with Gasteiger partial charge < -0.3 is 13.9 Å². The van der Waals surface area contributed by atoms with Crippen molar-refractivity contribution in [1.29, 1.82) is 0 Å². The zero-order chi connectivity index (χ0) is 31.7. The molecule has 0 radical (unpaired) electrons. The van der Waals surface area contributed by atoms with E-state index in [2.05, 4.69) is 25.9 Å². The van der Waals surface area contributed by atoms with Gasteiger partial charge in [0, 0.05) is 33.1 Å². The monoisotopic (exact) mass is 702 g/mol. The largest absolute Gasteiger partial charge is 0.496 e. The molecule has 0 aliphatic carbocycles. The molecule has 1 aliphatic rings. The second-order valence-corrected chi connectivity index (χ2v) is 12.9. The molecule has 0 saturated heterocycles. The number of esters is 1. The molecule has 6 rings (SSSR count). The van der Waals surface area contributed by atoms with Crippen molar-refractivity contribution >= 4 is 56.8 Å². The van der Waals surface area contributed by atoms with Crippen LogP contribution in [0.4, 0.5) is 0 Å². The number of hydrogen-bond acceptors (Lipinski definition) is 10. The Morgan fingerprint density at radius 1 is 1.09 bits per heavy atom. The van der Waals surface area contributed by atoms with Crippen LogP contribution in [-0.4, -0.2) is 34.2 Å². The number of aryl methyl sites for hydroxylation is 2. The molecule has 1 atom stereocenters. The number of carbonyl (C=O) groups excluding carboxylic acids is 1. The molecular formula is C33H27BrN4O5S2. The third-order valence-electron chi connectivity index (χ3n) is 6.89. The first kappa shape index (κ1) is 30.8. The molecule has 0 saturated carbocycles. The summed E-state index contributed by atoms with van der Waals surface area (Å²) in [5.74, 6) is 0.425. The van der Waals surface area contributed by atoms with Gasteiger partial charge in [-0.2, -0.15) is 0 Å². The Morgan fingerprint density at radius 2 is 1.84 bits per heavy atom. The number of halogens is 1. The van der Waals surface area contributed by atoms with E-state index in [1.54, 1.807) is 32.2 Å². The molecule has 9 nitrogen and oxygen atoms in total. The number of ether oxygens (including phenoxy) is 2. The first-order valence-corrected chi connectivity index (χ1v) is 16.4. The zero-order valence-corrected chi connectivity index (χ0v) is 28.0. The number of furan rings is 1. The topological polar surface area (TPSA) is 109 Å². The predicted octanol–water partition coefficient (Wildman–Crippen LogP) is 5.86. The van der Waals surface area contributed by atoms with Gasteiger partial charge in [0.05, 0.1) is 29.5 Å². The van der Waals surface area contributed by atoms with Gasteiger partial charge in [-0.15, -0.1) is 0 Å². The summed E-state index contributed by atoms with van der Waals surface area (Å²) < 4.78 is 20.0. The summed E-state index contributed by atoms with van der Waals surface area (Å²) in [7, 11) is 1.55. The highest BCUT2D eigenvalue weighted by atomic mass is 79.9. The first-order valence-electron chi connectivity index (χ1n) is 14.0. The summed E-state index contributed by atoms with van der Waals surface area (Å²) in [6.07, 6.45) is 1.68. The lowest BCUT2D eigenvalue weighted by molar-refractivity contribution is -0.138. The van der Waals surface area contributed by atoms with Crippen molar-refractivity contribution in [3.63, 3.8) is 0 Å². The van der Waals surface area contributed by atoms with Crippen molar-refractivity contribution in [1.82, 2.24) is 14.5 Å². The molecule has 0 bridgehead atoms. The number of fused-ring (bicyclic) bond motifs is 1. The van der Waals surface area contributed by atoms with E-state index in [4.69, 9.17) is 18.9 Å². The average Bonchev–Trinajstić information content (AvgIpc) is 3.59. The van der Waals surface area contributed by atoms with Crippen LogP contribution >= 0.6 is 39.0 Å². The summed E-state index contributed by atoms with van der Waals surface area (Å²) in [5, 5.41) is 1.17. The highest BCUT2D eigenvalue weighted by molar-refractivity contribution is 9.10. The summed E-state index contributed by atoms with van der Waals surface area (Å²) in [6.45, 7) is 5.73. The molecule has 45 heavy (non-hydrogen) atoms. The van der Waals surface area contributed by atoms with Crippen LogP contribution in [0, 0.1) is 13.8 Å². The lowest BCUT2D eigenvalue weighted by atomic mass is 9.92. The number of nitrogens with zero attached hydrogens (tertiary/aromatic N) is 4. The number of hydrogen-bond donors (Lipinski definition) is 0. The van der Waals surface area contributed by atoms with Crippen LogP contribution in [0.1, 0.15) is 41.2 Å². The number of aromatic nitrogens is 3. The van der Waals surface area contributed by atoms with Gasteiger partial charge in [-0.05, 0) is 68.9 Å². The Morgan fingerprint density at radius 3 is 2.56 bits per heavy atom. The van der Waals surface area contributed by atoms with Crippen molar-refractivity contribution < 1.29 is 18.7 Å². The molecule has 0 fully saturated rings.